The second-order valence-electron chi connectivity index (χ2n) is 3.87. The molecular weight excluding hydrogens is 220 g/mol. The van der Waals surface area contributed by atoms with Crippen molar-refractivity contribution in [2.45, 2.75) is 20.8 Å². The summed E-state index contributed by atoms with van der Waals surface area (Å²) in [4.78, 5) is 12.1. The summed E-state index contributed by atoms with van der Waals surface area (Å²) >= 11 is 1.05. The van der Waals surface area contributed by atoms with Gasteiger partial charge in [-0.25, -0.2) is 0 Å². The minimum absolute atomic E-state index is 0.0469. The Labute approximate surface area is 98.5 Å². The van der Waals surface area contributed by atoms with Crippen molar-refractivity contribution in [1.29, 1.82) is 0 Å². The number of carbonyl (C=O) groups is 1. The predicted molar refractivity (Wildman–Crippen MR) is 64.0 cm³/mol. The molecule has 2 aromatic rings. The lowest BCUT2D eigenvalue weighted by Gasteiger charge is -2.07. The molecule has 1 heterocycles. The first-order valence-electron chi connectivity index (χ1n) is 4.99. The zero-order valence-corrected chi connectivity index (χ0v) is 10.3. The van der Waals surface area contributed by atoms with Crippen LogP contribution in [0.5, 0.6) is 0 Å². The number of hydrogen-bond acceptors (Lipinski definition) is 4. The number of ketones is 1. The number of rotatable bonds is 2. The van der Waals surface area contributed by atoms with Crippen LogP contribution in [0.1, 0.15) is 32.7 Å². The van der Waals surface area contributed by atoms with Crippen LogP contribution in [0.2, 0.25) is 0 Å². The largest absolute Gasteiger partial charge is 0.287 e. The quantitative estimate of drug-likeness (QED) is 0.748. The van der Waals surface area contributed by atoms with E-state index in [0.29, 0.717) is 5.69 Å². The summed E-state index contributed by atoms with van der Waals surface area (Å²) in [6, 6.07) is 3.95. The van der Waals surface area contributed by atoms with E-state index in [1.54, 1.807) is 0 Å². The van der Waals surface area contributed by atoms with E-state index in [1.807, 2.05) is 32.9 Å². The summed E-state index contributed by atoms with van der Waals surface area (Å²) in [6.45, 7) is 5.99. The molecule has 0 spiro atoms. The van der Waals surface area contributed by atoms with E-state index in [0.717, 1.165) is 28.4 Å². The summed E-state index contributed by atoms with van der Waals surface area (Å²) in [5.41, 5.74) is 4.45. The normalized spacial score (nSPS) is 10.4. The molecule has 2 rings (SSSR count). The molecule has 0 fully saturated rings. The molecule has 0 aliphatic carbocycles. The molecule has 0 unspecified atom stereocenters. The molecule has 1 aromatic heterocycles. The summed E-state index contributed by atoms with van der Waals surface area (Å²) in [5.74, 6) is -0.0469. The highest BCUT2D eigenvalue weighted by Gasteiger charge is 2.15. The molecule has 0 saturated heterocycles. The van der Waals surface area contributed by atoms with E-state index < -0.39 is 0 Å². The molecule has 0 amide bonds. The fourth-order valence-electron chi connectivity index (χ4n) is 1.61. The molecular formula is C12H12N2OS. The summed E-state index contributed by atoms with van der Waals surface area (Å²) in [6.07, 6.45) is 1.52. The third kappa shape index (κ3) is 1.88. The Balaban J connectivity index is 2.49. The van der Waals surface area contributed by atoms with Gasteiger partial charge in [0.25, 0.3) is 0 Å². The second-order valence-corrected chi connectivity index (χ2v) is 4.43. The highest BCUT2D eigenvalue weighted by atomic mass is 32.1. The van der Waals surface area contributed by atoms with Gasteiger partial charge in [-0.1, -0.05) is 6.07 Å². The zero-order chi connectivity index (χ0) is 11.7. The molecule has 0 atom stereocenters. The van der Waals surface area contributed by atoms with Gasteiger partial charge in [0.05, 0.1) is 17.9 Å². The van der Waals surface area contributed by atoms with Crippen molar-refractivity contribution in [3.05, 3.63) is 46.3 Å². The van der Waals surface area contributed by atoms with Crippen LogP contribution < -0.4 is 0 Å². The fraction of sp³-hybridized carbons (Fsp3) is 0.250. The molecule has 0 aliphatic rings. The molecule has 0 saturated carbocycles. The Morgan fingerprint density at radius 3 is 2.44 bits per heavy atom. The van der Waals surface area contributed by atoms with E-state index in [9.17, 15) is 4.79 Å². The molecule has 0 radical (unpaired) electrons. The van der Waals surface area contributed by atoms with E-state index in [-0.39, 0.29) is 5.78 Å². The van der Waals surface area contributed by atoms with E-state index in [1.165, 1.54) is 11.8 Å². The maximum Gasteiger partial charge on any atom is 0.214 e. The Bertz CT molecular complexity index is 532. The van der Waals surface area contributed by atoms with Crippen LogP contribution >= 0.6 is 11.7 Å². The van der Waals surface area contributed by atoms with Crippen molar-refractivity contribution >= 4 is 17.5 Å². The first-order valence-corrected chi connectivity index (χ1v) is 5.72. The smallest absolute Gasteiger partial charge is 0.214 e. The molecule has 1 aromatic carbocycles. The van der Waals surface area contributed by atoms with Crippen molar-refractivity contribution in [2.75, 3.05) is 0 Å². The van der Waals surface area contributed by atoms with Gasteiger partial charge in [-0.05, 0) is 43.5 Å². The van der Waals surface area contributed by atoms with Crippen LogP contribution in [-0.2, 0) is 0 Å². The number of nitrogens with zero attached hydrogens (tertiary/aromatic N) is 2. The van der Waals surface area contributed by atoms with E-state index in [4.69, 9.17) is 0 Å². The third-order valence-corrected chi connectivity index (χ3v) is 3.16. The Morgan fingerprint density at radius 1 is 1.12 bits per heavy atom. The second kappa shape index (κ2) is 4.14. The lowest BCUT2D eigenvalue weighted by atomic mass is 9.97. The van der Waals surface area contributed by atoms with Crippen molar-refractivity contribution in [3.8, 4) is 0 Å². The highest BCUT2D eigenvalue weighted by Crippen LogP contribution is 2.18. The Morgan fingerprint density at radius 2 is 1.81 bits per heavy atom. The molecule has 16 heavy (non-hydrogen) atoms. The number of hydrogen-bond donors (Lipinski definition) is 0. The van der Waals surface area contributed by atoms with Crippen molar-refractivity contribution < 1.29 is 4.79 Å². The number of carbonyl (C=O) groups excluding carboxylic acids is 1. The predicted octanol–water partition coefficient (Wildman–Crippen LogP) is 2.69. The van der Waals surface area contributed by atoms with Crippen LogP contribution in [-0.4, -0.2) is 14.5 Å². The summed E-state index contributed by atoms with van der Waals surface area (Å²) in [5, 5.41) is 0. The van der Waals surface area contributed by atoms with Gasteiger partial charge in [0.2, 0.25) is 5.78 Å². The van der Waals surface area contributed by atoms with Gasteiger partial charge >= 0.3 is 0 Å². The maximum atomic E-state index is 12.1. The number of aromatic nitrogens is 2. The Kier molecular flexibility index (Phi) is 2.83. The first kappa shape index (κ1) is 11.0. The van der Waals surface area contributed by atoms with Crippen molar-refractivity contribution in [3.63, 3.8) is 0 Å². The summed E-state index contributed by atoms with van der Waals surface area (Å²) in [7, 11) is 0. The van der Waals surface area contributed by atoms with Gasteiger partial charge in [0.15, 0.2) is 0 Å². The molecule has 0 N–H and O–H groups in total. The molecule has 4 heteroatoms. The van der Waals surface area contributed by atoms with Crippen LogP contribution in [0, 0.1) is 20.8 Å². The van der Waals surface area contributed by atoms with E-state index >= 15 is 0 Å². The van der Waals surface area contributed by atoms with Crippen molar-refractivity contribution in [2.24, 2.45) is 0 Å². The van der Waals surface area contributed by atoms with Gasteiger partial charge in [0, 0.05) is 5.56 Å². The van der Waals surface area contributed by atoms with Crippen LogP contribution in [0.3, 0.4) is 0 Å². The standard InChI is InChI=1S/C12H12N2OS/c1-7-4-9(3)10(5-8(7)2)12(15)11-6-13-16-14-11/h4-6H,1-3H3. The van der Waals surface area contributed by atoms with Crippen LogP contribution in [0.15, 0.2) is 18.3 Å². The monoisotopic (exact) mass is 232 g/mol. The van der Waals surface area contributed by atoms with Crippen LogP contribution in [0.25, 0.3) is 0 Å². The van der Waals surface area contributed by atoms with E-state index in [2.05, 4.69) is 8.75 Å². The van der Waals surface area contributed by atoms with Gasteiger partial charge < -0.3 is 0 Å². The number of benzene rings is 1. The Hall–Kier alpha value is -1.55. The van der Waals surface area contributed by atoms with Crippen LogP contribution in [0.4, 0.5) is 0 Å². The minimum atomic E-state index is -0.0469. The fourth-order valence-corrected chi connectivity index (χ4v) is 2.02. The third-order valence-electron chi connectivity index (χ3n) is 2.68. The lowest BCUT2D eigenvalue weighted by molar-refractivity contribution is 0.103. The molecule has 82 valence electrons. The van der Waals surface area contributed by atoms with Gasteiger partial charge in [0.1, 0.15) is 5.69 Å². The number of aryl methyl sites for hydroxylation is 3. The zero-order valence-electron chi connectivity index (χ0n) is 9.44. The average Bonchev–Trinajstić information content (AvgIpc) is 2.75. The molecule has 0 bridgehead atoms. The summed E-state index contributed by atoms with van der Waals surface area (Å²) < 4.78 is 7.81. The SMILES string of the molecule is Cc1cc(C)c(C(=O)c2cnsn2)cc1C. The molecule has 3 nitrogen and oxygen atoms in total. The van der Waals surface area contributed by atoms with Gasteiger partial charge in [-0.15, -0.1) is 0 Å². The van der Waals surface area contributed by atoms with Crippen molar-refractivity contribution in [1.82, 2.24) is 8.75 Å². The maximum absolute atomic E-state index is 12.1. The first-order chi connectivity index (χ1) is 7.59. The molecule has 0 aliphatic heterocycles. The van der Waals surface area contributed by atoms with Gasteiger partial charge in [-0.2, -0.15) is 8.75 Å². The minimum Gasteiger partial charge on any atom is -0.287 e. The highest BCUT2D eigenvalue weighted by molar-refractivity contribution is 6.99. The van der Waals surface area contributed by atoms with Gasteiger partial charge in [-0.3, -0.25) is 4.79 Å². The lowest BCUT2D eigenvalue weighted by Crippen LogP contribution is -2.05. The average molecular weight is 232 g/mol. The topological polar surface area (TPSA) is 42.9 Å².